The Bertz CT molecular complexity index is 762. The minimum Gasteiger partial charge on any atom is -0.289 e. The zero-order valence-electron chi connectivity index (χ0n) is 15.3. The van der Waals surface area contributed by atoms with Crippen LogP contribution in [0.1, 0.15) is 54.9 Å². The van der Waals surface area contributed by atoms with Crippen molar-refractivity contribution in [2.45, 2.75) is 43.9 Å². The van der Waals surface area contributed by atoms with E-state index >= 15 is 0 Å². The van der Waals surface area contributed by atoms with E-state index in [1.807, 2.05) is 54.2 Å². The van der Waals surface area contributed by atoms with Crippen LogP contribution in [0.5, 0.6) is 0 Å². The topological polar surface area (TPSA) is 17.1 Å². The van der Waals surface area contributed by atoms with Gasteiger partial charge in [-0.15, -0.1) is 11.8 Å². The van der Waals surface area contributed by atoms with E-state index in [9.17, 15) is 4.79 Å². The molecule has 0 unspecified atom stereocenters. The molecule has 0 atom stereocenters. The molecule has 0 saturated heterocycles. The van der Waals surface area contributed by atoms with Crippen LogP contribution in [0.3, 0.4) is 0 Å². The fraction of sp³-hybridized carbons (Fsp3) is 0.318. The number of benzene rings is 2. The predicted octanol–water partition coefficient (Wildman–Crippen LogP) is 8.93. The molecule has 1 nitrogen and oxygen atoms in total. The monoisotopic (exact) mass is 572 g/mol. The van der Waals surface area contributed by atoms with Crippen molar-refractivity contribution in [3.63, 3.8) is 0 Å². The van der Waals surface area contributed by atoms with Crippen LogP contribution < -0.4 is 0 Å². The van der Waals surface area contributed by atoms with Crippen molar-refractivity contribution in [3.05, 3.63) is 67.0 Å². The largest absolute Gasteiger partial charge is 0.289 e. The Hall–Kier alpha value is -0.360. The van der Waals surface area contributed by atoms with Crippen molar-refractivity contribution in [3.8, 4) is 0 Å². The van der Waals surface area contributed by atoms with Crippen LogP contribution in [0, 0.1) is 0 Å². The van der Waals surface area contributed by atoms with Gasteiger partial charge in [0.05, 0.1) is 0 Å². The third-order valence-corrected chi connectivity index (χ3v) is 6.97. The predicted molar refractivity (Wildman–Crippen MR) is 129 cm³/mol. The van der Waals surface area contributed by atoms with Gasteiger partial charge >= 0.3 is 0 Å². The van der Waals surface area contributed by atoms with Gasteiger partial charge in [-0.1, -0.05) is 80.4 Å². The van der Waals surface area contributed by atoms with Crippen molar-refractivity contribution in [1.29, 1.82) is 0 Å². The minimum atomic E-state index is 0.00725. The molecule has 0 spiro atoms. The Morgan fingerprint density at radius 1 is 0.963 bits per heavy atom. The van der Waals surface area contributed by atoms with E-state index in [0.717, 1.165) is 24.7 Å². The summed E-state index contributed by atoms with van der Waals surface area (Å²) in [5.41, 5.74) is 1.66. The third kappa shape index (κ3) is 7.88. The van der Waals surface area contributed by atoms with Crippen molar-refractivity contribution in [2.75, 3.05) is 5.75 Å². The summed E-state index contributed by atoms with van der Waals surface area (Å²) in [7, 11) is 0. The lowest BCUT2D eigenvalue weighted by atomic mass is 10.1. The van der Waals surface area contributed by atoms with E-state index < -0.39 is 0 Å². The number of carbonyl (C=O) groups excluding carboxylic acids is 1. The molecule has 0 aliphatic rings. The van der Waals surface area contributed by atoms with Crippen molar-refractivity contribution in [2.24, 2.45) is 0 Å². The molecule has 2 rings (SSSR count). The summed E-state index contributed by atoms with van der Waals surface area (Å²) in [6.07, 6.45) is 9.97. The highest BCUT2D eigenvalue weighted by Crippen LogP contribution is 2.31. The second kappa shape index (κ2) is 12.3. The first-order valence-corrected chi connectivity index (χ1v) is 12.5. The Kier molecular flexibility index (Phi) is 10.4. The molecule has 0 aliphatic carbocycles. The van der Waals surface area contributed by atoms with Gasteiger partial charge in [-0.05, 0) is 60.7 Å². The van der Waals surface area contributed by atoms with Gasteiger partial charge in [-0.2, -0.15) is 0 Å². The molecular weight excluding hydrogens is 552 g/mol. The first-order valence-electron chi connectivity index (χ1n) is 9.11. The van der Waals surface area contributed by atoms with Crippen molar-refractivity contribution >= 4 is 71.4 Å². The van der Waals surface area contributed by atoms with E-state index in [2.05, 4.69) is 54.7 Å². The maximum Gasteiger partial charge on any atom is 0.185 e. The summed E-state index contributed by atoms with van der Waals surface area (Å²) in [5, 5.41) is 0. The molecular formula is C22H23Br3OS. The van der Waals surface area contributed by atoms with Gasteiger partial charge in [0.15, 0.2) is 5.78 Å². The van der Waals surface area contributed by atoms with E-state index in [0.29, 0.717) is 5.56 Å². The minimum absolute atomic E-state index is 0.00725. The highest BCUT2D eigenvalue weighted by molar-refractivity contribution is 9.11. The summed E-state index contributed by atoms with van der Waals surface area (Å²) in [6, 6.07) is 11.8. The van der Waals surface area contributed by atoms with Crippen molar-refractivity contribution < 1.29 is 4.79 Å². The van der Waals surface area contributed by atoms with Gasteiger partial charge in [0.1, 0.15) is 0 Å². The molecule has 0 fully saturated rings. The number of ketones is 1. The molecule has 0 heterocycles. The zero-order chi connectivity index (χ0) is 19.6. The lowest BCUT2D eigenvalue weighted by Crippen LogP contribution is -1.94. The molecule has 144 valence electrons. The molecule has 0 saturated carbocycles. The number of allylic oxidation sites excluding steroid dienone is 1. The van der Waals surface area contributed by atoms with Crippen LogP contribution in [-0.4, -0.2) is 11.5 Å². The van der Waals surface area contributed by atoms with Crippen molar-refractivity contribution in [1.82, 2.24) is 0 Å². The van der Waals surface area contributed by atoms with Crippen LogP contribution in [-0.2, 0) is 0 Å². The molecule has 2 aromatic carbocycles. The van der Waals surface area contributed by atoms with Gasteiger partial charge in [0.25, 0.3) is 0 Å². The third-order valence-electron chi connectivity index (χ3n) is 4.10. The Labute approximate surface area is 191 Å². The van der Waals surface area contributed by atoms with Crippen LogP contribution in [0.25, 0.3) is 6.08 Å². The Morgan fingerprint density at radius 3 is 2.22 bits per heavy atom. The van der Waals surface area contributed by atoms with Gasteiger partial charge in [0, 0.05) is 29.4 Å². The van der Waals surface area contributed by atoms with Gasteiger partial charge in [0.2, 0.25) is 0 Å². The maximum atomic E-state index is 12.4. The molecule has 0 amide bonds. The molecule has 0 aliphatic heterocycles. The first-order chi connectivity index (χ1) is 13.0. The average Bonchev–Trinajstić information content (AvgIpc) is 2.64. The summed E-state index contributed by atoms with van der Waals surface area (Å²) in [6.45, 7) is 2.24. The number of carbonyl (C=O) groups is 1. The van der Waals surface area contributed by atoms with E-state index in [1.165, 1.54) is 37.0 Å². The number of thioether (sulfide) groups is 1. The van der Waals surface area contributed by atoms with Crippen LogP contribution in [0.15, 0.2) is 60.8 Å². The van der Waals surface area contributed by atoms with E-state index in [4.69, 9.17) is 0 Å². The smallest absolute Gasteiger partial charge is 0.185 e. The lowest BCUT2D eigenvalue weighted by molar-refractivity contribution is 0.104. The lowest BCUT2D eigenvalue weighted by Gasteiger charge is -2.04. The number of rotatable bonds is 10. The summed E-state index contributed by atoms with van der Waals surface area (Å²) in [5.74, 6) is 1.15. The number of unbranched alkanes of at least 4 members (excludes halogenated alkanes) is 4. The average molecular weight is 575 g/mol. The normalized spacial score (nSPS) is 11.3. The number of hydrogen-bond donors (Lipinski definition) is 0. The molecule has 27 heavy (non-hydrogen) atoms. The highest BCUT2D eigenvalue weighted by atomic mass is 79.9. The first kappa shape index (κ1) is 22.9. The zero-order valence-corrected chi connectivity index (χ0v) is 20.9. The van der Waals surface area contributed by atoms with Gasteiger partial charge in [-0.3, -0.25) is 4.79 Å². The molecule has 5 heteroatoms. The van der Waals surface area contributed by atoms with E-state index in [-0.39, 0.29) is 5.78 Å². The highest BCUT2D eigenvalue weighted by Gasteiger charge is 2.06. The molecule has 0 radical (unpaired) electrons. The Morgan fingerprint density at radius 2 is 1.59 bits per heavy atom. The summed E-state index contributed by atoms with van der Waals surface area (Å²) in [4.78, 5) is 13.7. The van der Waals surface area contributed by atoms with E-state index in [1.54, 1.807) is 6.08 Å². The second-order valence-electron chi connectivity index (χ2n) is 6.27. The molecule has 2 aromatic rings. The van der Waals surface area contributed by atoms with Crippen LogP contribution in [0.2, 0.25) is 0 Å². The fourth-order valence-corrected chi connectivity index (χ4v) is 6.01. The standard InChI is InChI=1S/C22H23Br3OS/c1-2-3-4-5-6-13-27-18-9-7-16(8-10-18)22(26)12-11-19-20(24)14-17(23)15-21(19)25/h7-12,14-15H,2-6,13H2,1H3/b12-11+. The molecule has 0 N–H and O–H groups in total. The second-order valence-corrected chi connectivity index (χ2v) is 10.1. The van der Waals surface area contributed by atoms with Crippen LogP contribution in [0.4, 0.5) is 0 Å². The maximum absolute atomic E-state index is 12.4. The summed E-state index contributed by atoms with van der Waals surface area (Å²) < 4.78 is 2.83. The van der Waals surface area contributed by atoms with Gasteiger partial charge in [-0.25, -0.2) is 0 Å². The molecule has 0 bridgehead atoms. The number of halogens is 3. The van der Waals surface area contributed by atoms with Gasteiger partial charge < -0.3 is 0 Å². The fourth-order valence-electron chi connectivity index (χ4n) is 2.58. The quantitative estimate of drug-likeness (QED) is 0.122. The molecule has 0 aromatic heterocycles. The SMILES string of the molecule is CCCCCCCSc1ccc(C(=O)/C=C/c2c(Br)cc(Br)cc2Br)cc1. The van der Waals surface area contributed by atoms with Crippen LogP contribution >= 0.6 is 59.6 Å². The summed E-state index contributed by atoms with van der Waals surface area (Å²) >= 11 is 12.4. The number of hydrogen-bond acceptors (Lipinski definition) is 2. The Balaban J connectivity index is 1.90.